The minimum absolute atomic E-state index is 0.0861. The minimum atomic E-state index is -3.66. The number of carbonyl (C=O) groups is 2. The number of hydrogen-bond donors (Lipinski definition) is 1. The number of para-hydroxylation sites is 1. The zero-order valence-electron chi connectivity index (χ0n) is 23.6. The molecule has 226 valence electrons. The molecule has 3 aliphatic rings. The van der Waals surface area contributed by atoms with E-state index in [9.17, 15) is 23.1 Å². The van der Waals surface area contributed by atoms with Gasteiger partial charge in [-0.1, -0.05) is 65.7 Å². The van der Waals surface area contributed by atoms with Crippen LogP contribution in [0.5, 0.6) is 0 Å². The highest BCUT2D eigenvalue weighted by atomic mass is 35.5. The van der Waals surface area contributed by atoms with Gasteiger partial charge in [-0.15, -0.1) is 0 Å². The number of piperidine rings is 1. The normalized spacial score (nSPS) is 23.2. The number of aliphatic carboxylic acids is 1. The third-order valence-electron chi connectivity index (χ3n) is 8.91. The molecule has 3 aromatic carbocycles. The van der Waals surface area contributed by atoms with Crippen molar-refractivity contribution >= 4 is 50.8 Å². The molecular formula is C33H34Cl2N2O5S. The van der Waals surface area contributed by atoms with Gasteiger partial charge in [-0.25, -0.2) is 8.42 Å². The molecule has 4 unspecified atom stereocenters. The molecule has 1 amide bonds. The van der Waals surface area contributed by atoms with E-state index in [1.54, 1.807) is 30.3 Å². The molecule has 10 heteroatoms. The lowest BCUT2D eigenvalue weighted by atomic mass is 9.74. The predicted octanol–water partition coefficient (Wildman–Crippen LogP) is 6.92. The Labute approximate surface area is 262 Å². The van der Waals surface area contributed by atoms with E-state index in [0.717, 1.165) is 24.0 Å². The SMILES string of the molecule is O=C(O)CC1CC(c2cccc(Cl)c2)C(c2ccc(Cl)cc2)N(C(CN(c2ccccc2)S(=O)(=O)C2CC2)C2CC2)C1=O. The third kappa shape index (κ3) is 6.42. The lowest BCUT2D eigenvalue weighted by molar-refractivity contribution is -0.152. The number of anilines is 1. The van der Waals surface area contributed by atoms with Gasteiger partial charge in [0.2, 0.25) is 15.9 Å². The fraction of sp³-hybridized carbons (Fsp3) is 0.394. The second-order valence-corrected chi connectivity index (χ2v) is 15.0. The molecule has 7 nitrogen and oxygen atoms in total. The number of amides is 1. The van der Waals surface area contributed by atoms with Crippen LogP contribution >= 0.6 is 23.2 Å². The van der Waals surface area contributed by atoms with Gasteiger partial charge in [0.1, 0.15) is 0 Å². The Hall–Kier alpha value is -3.07. The number of hydrogen-bond acceptors (Lipinski definition) is 4. The zero-order valence-corrected chi connectivity index (χ0v) is 25.9. The number of sulfonamides is 1. The molecule has 0 spiro atoms. The van der Waals surface area contributed by atoms with Crippen molar-refractivity contribution in [2.24, 2.45) is 11.8 Å². The first-order valence-electron chi connectivity index (χ1n) is 14.7. The second-order valence-electron chi connectivity index (χ2n) is 11.9. The Morgan fingerprint density at radius 3 is 2.21 bits per heavy atom. The molecular weight excluding hydrogens is 607 g/mol. The van der Waals surface area contributed by atoms with Crippen LogP contribution in [-0.4, -0.2) is 48.1 Å². The van der Waals surface area contributed by atoms with Gasteiger partial charge in [-0.05, 0) is 85.5 Å². The van der Waals surface area contributed by atoms with E-state index in [-0.39, 0.29) is 30.7 Å². The van der Waals surface area contributed by atoms with E-state index in [1.807, 2.05) is 53.4 Å². The van der Waals surface area contributed by atoms with Crippen molar-refractivity contribution in [3.8, 4) is 0 Å². The minimum Gasteiger partial charge on any atom is -0.481 e. The van der Waals surface area contributed by atoms with Crippen molar-refractivity contribution < 1.29 is 23.1 Å². The highest BCUT2D eigenvalue weighted by Crippen LogP contribution is 2.51. The molecule has 1 N–H and O–H groups in total. The van der Waals surface area contributed by atoms with Gasteiger partial charge >= 0.3 is 5.97 Å². The van der Waals surface area contributed by atoms with Crippen LogP contribution in [-0.2, 0) is 19.6 Å². The average molecular weight is 642 g/mol. The summed E-state index contributed by atoms with van der Waals surface area (Å²) in [5.41, 5.74) is 2.33. The summed E-state index contributed by atoms with van der Waals surface area (Å²) >= 11 is 12.7. The maximum absolute atomic E-state index is 14.5. The summed E-state index contributed by atoms with van der Waals surface area (Å²) in [6.45, 7) is 0.103. The van der Waals surface area contributed by atoms with Crippen LogP contribution in [0.1, 0.15) is 61.6 Å². The first-order valence-corrected chi connectivity index (χ1v) is 17.0. The number of nitrogens with zero attached hydrogens (tertiary/aromatic N) is 2. The zero-order chi connectivity index (χ0) is 30.3. The van der Waals surface area contributed by atoms with Crippen molar-refractivity contribution in [1.82, 2.24) is 4.90 Å². The maximum atomic E-state index is 14.5. The molecule has 1 heterocycles. The molecule has 0 radical (unpaired) electrons. The van der Waals surface area contributed by atoms with Crippen molar-refractivity contribution in [3.05, 3.63) is 100 Å². The fourth-order valence-electron chi connectivity index (χ4n) is 6.55. The van der Waals surface area contributed by atoms with Gasteiger partial charge in [0.05, 0.1) is 36.0 Å². The second kappa shape index (κ2) is 12.1. The van der Waals surface area contributed by atoms with Gasteiger partial charge in [-0.2, -0.15) is 0 Å². The average Bonchev–Trinajstić information content (AvgIpc) is 3.89. The Morgan fingerprint density at radius 2 is 1.60 bits per heavy atom. The molecule has 2 aliphatic carbocycles. The van der Waals surface area contributed by atoms with Gasteiger partial charge in [-0.3, -0.25) is 13.9 Å². The van der Waals surface area contributed by atoms with Gasteiger partial charge in [0.25, 0.3) is 0 Å². The molecule has 3 fully saturated rings. The van der Waals surface area contributed by atoms with E-state index in [2.05, 4.69) is 0 Å². The van der Waals surface area contributed by atoms with Crippen LogP contribution in [0, 0.1) is 11.8 Å². The molecule has 6 rings (SSSR count). The lowest BCUT2D eigenvalue weighted by Crippen LogP contribution is -2.56. The number of carboxylic acid groups (broad SMARTS) is 1. The Kier molecular flexibility index (Phi) is 8.46. The van der Waals surface area contributed by atoms with Crippen LogP contribution in [0.25, 0.3) is 0 Å². The van der Waals surface area contributed by atoms with E-state index in [1.165, 1.54) is 4.31 Å². The highest BCUT2D eigenvalue weighted by Gasteiger charge is 2.51. The van der Waals surface area contributed by atoms with Crippen LogP contribution in [0.2, 0.25) is 10.0 Å². The first-order chi connectivity index (χ1) is 20.6. The summed E-state index contributed by atoms with van der Waals surface area (Å²) in [6.07, 6.45) is 2.98. The highest BCUT2D eigenvalue weighted by molar-refractivity contribution is 7.93. The number of rotatable bonds is 11. The molecule has 0 aromatic heterocycles. The molecule has 2 saturated carbocycles. The molecule has 1 saturated heterocycles. The number of likely N-dealkylation sites (tertiary alicyclic amines) is 1. The summed E-state index contributed by atoms with van der Waals surface area (Å²) in [6, 6.07) is 23.0. The van der Waals surface area contributed by atoms with E-state index in [4.69, 9.17) is 23.2 Å². The largest absolute Gasteiger partial charge is 0.481 e. The fourth-order valence-corrected chi connectivity index (χ4v) is 8.74. The van der Waals surface area contributed by atoms with Crippen LogP contribution in [0.3, 0.4) is 0 Å². The van der Waals surface area contributed by atoms with Gasteiger partial charge in [0, 0.05) is 21.9 Å². The smallest absolute Gasteiger partial charge is 0.304 e. The molecule has 43 heavy (non-hydrogen) atoms. The van der Waals surface area contributed by atoms with E-state index in [0.29, 0.717) is 35.0 Å². The Bertz CT molecular complexity index is 1590. The van der Waals surface area contributed by atoms with Crippen molar-refractivity contribution in [1.29, 1.82) is 0 Å². The molecule has 0 bridgehead atoms. The van der Waals surface area contributed by atoms with Crippen LogP contribution < -0.4 is 4.31 Å². The quantitative estimate of drug-likeness (QED) is 0.245. The lowest BCUT2D eigenvalue weighted by Gasteiger charge is -2.49. The van der Waals surface area contributed by atoms with Crippen molar-refractivity contribution in [2.45, 2.75) is 61.8 Å². The van der Waals surface area contributed by atoms with Gasteiger partial charge < -0.3 is 10.0 Å². The number of halogens is 2. The summed E-state index contributed by atoms with van der Waals surface area (Å²) in [5, 5.41) is 10.5. The van der Waals surface area contributed by atoms with Crippen LogP contribution in [0.15, 0.2) is 78.9 Å². The third-order valence-corrected chi connectivity index (χ3v) is 11.7. The summed E-state index contributed by atoms with van der Waals surface area (Å²) in [7, 11) is -3.66. The molecule has 4 atom stereocenters. The summed E-state index contributed by atoms with van der Waals surface area (Å²) in [5.74, 6) is -2.25. The standard InChI is InChI=1S/C33H34Cl2N2O5S/c34-25-13-11-22(12-14-25)32-29(23-5-4-6-26(35)17-23)18-24(19-31(38)39)33(40)37(32)30(21-9-10-21)20-36(27-7-2-1-3-8-27)43(41,42)28-15-16-28/h1-8,11-14,17,21,24,28-30,32H,9-10,15-16,18-20H2,(H,38,39). The topological polar surface area (TPSA) is 95.0 Å². The predicted molar refractivity (Wildman–Crippen MR) is 168 cm³/mol. The van der Waals surface area contributed by atoms with Gasteiger partial charge in [0.15, 0.2) is 0 Å². The maximum Gasteiger partial charge on any atom is 0.304 e. The Morgan fingerprint density at radius 1 is 0.907 bits per heavy atom. The van der Waals surface area contributed by atoms with Crippen molar-refractivity contribution in [2.75, 3.05) is 10.8 Å². The van der Waals surface area contributed by atoms with E-state index < -0.39 is 39.2 Å². The van der Waals surface area contributed by atoms with Crippen LogP contribution in [0.4, 0.5) is 5.69 Å². The number of carbonyl (C=O) groups excluding carboxylic acids is 1. The Balaban J connectivity index is 1.49. The summed E-state index contributed by atoms with van der Waals surface area (Å²) < 4.78 is 29.2. The molecule has 3 aromatic rings. The van der Waals surface area contributed by atoms with E-state index >= 15 is 0 Å². The first kappa shape index (κ1) is 30.0. The molecule has 1 aliphatic heterocycles. The number of carboxylic acids is 1. The number of benzene rings is 3. The monoisotopic (exact) mass is 640 g/mol. The van der Waals surface area contributed by atoms with Crippen molar-refractivity contribution in [3.63, 3.8) is 0 Å². The summed E-state index contributed by atoms with van der Waals surface area (Å²) in [4.78, 5) is 28.3.